The molecule has 0 heterocycles. The van der Waals surface area contributed by atoms with Gasteiger partial charge in [0, 0.05) is 0 Å². The van der Waals surface area contributed by atoms with Gasteiger partial charge in [-0.15, -0.1) is 12.8 Å². The van der Waals surface area contributed by atoms with Crippen molar-refractivity contribution in [2.75, 3.05) is 0 Å². The van der Waals surface area contributed by atoms with E-state index in [0.29, 0.717) is 11.8 Å². The summed E-state index contributed by atoms with van der Waals surface area (Å²) in [5.74, 6) is 1.32. The van der Waals surface area contributed by atoms with Gasteiger partial charge >= 0.3 is 21.1 Å². The second-order valence-corrected chi connectivity index (χ2v) is 4.79. The normalized spacial score (nSPS) is 16.6. The third-order valence-corrected chi connectivity index (χ3v) is 2.69. The summed E-state index contributed by atoms with van der Waals surface area (Å²) in [4.78, 5) is 0. The molecule has 0 atom stereocenters. The zero-order valence-corrected chi connectivity index (χ0v) is 13.8. The first-order valence-electron chi connectivity index (χ1n) is 6.15. The van der Waals surface area contributed by atoms with Crippen LogP contribution in [0.15, 0.2) is 35.5 Å². The first-order chi connectivity index (χ1) is 7.61. The fourth-order valence-electron chi connectivity index (χ4n) is 1.64. The van der Waals surface area contributed by atoms with Crippen LogP contribution in [-0.2, 0) is 21.1 Å². The van der Waals surface area contributed by atoms with E-state index in [1.54, 1.807) is 0 Å². The maximum atomic E-state index is 3.26. The molecule has 2 rings (SSSR count). The van der Waals surface area contributed by atoms with E-state index in [-0.39, 0.29) is 21.1 Å². The standard InChI is InChI=1S/2C8H11.Mo.2H/c2*1-7(2)8-5-3-4-6-8;;;/h2*3,5,7H,4H2,1-2H3;;;/q2*-1;;;. The van der Waals surface area contributed by atoms with E-state index in [2.05, 4.69) is 64.2 Å². The Balaban J connectivity index is 0.000000284. The van der Waals surface area contributed by atoms with Crippen LogP contribution in [0.5, 0.6) is 0 Å². The van der Waals surface area contributed by atoms with Gasteiger partial charge in [0.2, 0.25) is 0 Å². The summed E-state index contributed by atoms with van der Waals surface area (Å²) in [6.07, 6.45) is 17.2. The van der Waals surface area contributed by atoms with Crippen molar-refractivity contribution < 1.29 is 21.1 Å². The van der Waals surface area contributed by atoms with Crippen LogP contribution in [0.1, 0.15) is 40.5 Å². The molecule has 2 aliphatic rings. The Labute approximate surface area is 121 Å². The molecule has 0 N–H and O–H groups in total. The zero-order valence-electron chi connectivity index (χ0n) is 11.4. The van der Waals surface area contributed by atoms with Gasteiger partial charge in [-0.2, -0.15) is 12.2 Å². The topological polar surface area (TPSA) is 0 Å². The van der Waals surface area contributed by atoms with E-state index in [4.69, 9.17) is 0 Å². The van der Waals surface area contributed by atoms with Crippen LogP contribution in [0.3, 0.4) is 0 Å². The van der Waals surface area contributed by atoms with Crippen LogP contribution in [-0.4, -0.2) is 0 Å². The van der Waals surface area contributed by atoms with Crippen molar-refractivity contribution in [3.05, 3.63) is 47.6 Å². The number of rotatable bonds is 2. The molecule has 17 heavy (non-hydrogen) atoms. The summed E-state index contributed by atoms with van der Waals surface area (Å²) in [5, 5.41) is 0. The molecule has 0 aliphatic heterocycles. The van der Waals surface area contributed by atoms with E-state index >= 15 is 0 Å². The molecule has 0 aromatic heterocycles. The average Bonchev–Trinajstić information content (AvgIpc) is 2.93. The van der Waals surface area contributed by atoms with Crippen LogP contribution >= 0.6 is 0 Å². The first kappa shape index (κ1) is 16.6. The van der Waals surface area contributed by atoms with Gasteiger partial charge in [0.05, 0.1) is 0 Å². The monoisotopic (exact) mass is 314 g/mol. The summed E-state index contributed by atoms with van der Waals surface area (Å²) in [7, 11) is 0. The minimum absolute atomic E-state index is 0. The third kappa shape index (κ3) is 6.22. The number of allylic oxidation sites excluding steroid dienone is 8. The van der Waals surface area contributed by atoms with Crippen LogP contribution in [0.25, 0.3) is 0 Å². The molecular weight excluding hydrogens is 288 g/mol. The molecule has 96 valence electrons. The molecule has 0 saturated carbocycles. The quantitative estimate of drug-likeness (QED) is 0.531. The van der Waals surface area contributed by atoms with Gasteiger partial charge in [0.1, 0.15) is 0 Å². The summed E-state index contributed by atoms with van der Waals surface area (Å²) in [6.45, 7) is 8.77. The molecule has 0 amide bonds. The molecule has 0 aromatic rings. The van der Waals surface area contributed by atoms with Gasteiger partial charge in [-0.3, -0.25) is 12.2 Å². The summed E-state index contributed by atoms with van der Waals surface area (Å²) < 4.78 is 0. The van der Waals surface area contributed by atoms with Crippen LogP contribution in [0, 0.1) is 24.0 Å². The van der Waals surface area contributed by atoms with E-state index < -0.39 is 0 Å². The Hall–Kier alpha value is -0.352. The molecule has 0 bridgehead atoms. The van der Waals surface area contributed by atoms with Gasteiger partial charge in [-0.05, 0) is 0 Å². The molecule has 0 nitrogen and oxygen atoms in total. The Morgan fingerprint density at radius 1 is 0.824 bits per heavy atom. The van der Waals surface area contributed by atoms with Crippen molar-refractivity contribution >= 4 is 0 Å². The first-order valence-corrected chi connectivity index (χ1v) is 6.15. The fraction of sp³-hybridized carbons (Fsp3) is 0.500. The second kappa shape index (κ2) is 8.70. The summed E-state index contributed by atoms with van der Waals surface area (Å²) in [6, 6.07) is 0. The van der Waals surface area contributed by atoms with Crippen LogP contribution < -0.4 is 0 Å². The number of hydrogen-bond donors (Lipinski definition) is 0. The molecule has 0 aromatic carbocycles. The molecular formula is C16H24Mo-2. The molecule has 1 heteroatoms. The van der Waals surface area contributed by atoms with Crippen molar-refractivity contribution in [3.63, 3.8) is 0 Å². The van der Waals surface area contributed by atoms with Crippen LogP contribution in [0.2, 0.25) is 0 Å². The van der Waals surface area contributed by atoms with Gasteiger partial charge in [0.15, 0.2) is 0 Å². The third-order valence-electron chi connectivity index (χ3n) is 2.69. The van der Waals surface area contributed by atoms with E-state index in [9.17, 15) is 0 Å². The van der Waals surface area contributed by atoms with Crippen molar-refractivity contribution in [1.82, 2.24) is 0 Å². The molecule has 0 radical (unpaired) electrons. The Bertz CT molecular complexity index is 293. The van der Waals surface area contributed by atoms with Gasteiger partial charge in [0.25, 0.3) is 0 Å². The molecule has 2 aliphatic carbocycles. The Morgan fingerprint density at radius 2 is 1.18 bits per heavy atom. The molecule has 0 unspecified atom stereocenters. The molecule has 0 fully saturated rings. The zero-order chi connectivity index (χ0) is 12.0. The van der Waals surface area contributed by atoms with E-state index in [0.717, 1.165) is 12.8 Å². The fourth-order valence-corrected chi connectivity index (χ4v) is 1.64. The van der Waals surface area contributed by atoms with Gasteiger partial charge in [-0.25, -0.2) is 23.3 Å². The van der Waals surface area contributed by atoms with E-state index in [1.807, 2.05) is 0 Å². The van der Waals surface area contributed by atoms with Crippen LogP contribution in [0.4, 0.5) is 0 Å². The van der Waals surface area contributed by atoms with Gasteiger partial charge < -0.3 is 0 Å². The summed E-state index contributed by atoms with van der Waals surface area (Å²) in [5.41, 5.74) is 2.73. The van der Waals surface area contributed by atoms with Crippen molar-refractivity contribution in [3.8, 4) is 0 Å². The predicted octanol–water partition coefficient (Wildman–Crippen LogP) is 4.13. The maximum absolute atomic E-state index is 3.26. The predicted molar refractivity (Wildman–Crippen MR) is 73.5 cm³/mol. The minimum atomic E-state index is 0. The van der Waals surface area contributed by atoms with E-state index in [1.165, 1.54) is 11.1 Å². The second-order valence-electron chi connectivity index (χ2n) is 4.79. The average molecular weight is 312 g/mol. The number of hydrogen-bond acceptors (Lipinski definition) is 0. The summed E-state index contributed by atoms with van der Waals surface area (Å²) >= 11 is 0. The van der Waals surface area contributed by atoms with Gasteiger partial charge in [-0.1, -0.05) is 39.5 Å². The Kier molecular flexibility index (Phi) is 8.52. The SMILES string of the molecule is CC(C)C1=[C-]CC=C1.CC(C)C1=[C-]CC=C1.[MoH2]. The van der Waals surface area contributed by atoms with Crippen molar-refractivity contribution in [1.29, 1.82) is 0 Å². The van der Waals surface area contributed by atoms with Crippen molar-refractivity contribution in [2.45, 2.75) is 40.5 Å². The Morgan fingerprint density at radius 3 is 1.29 bits per heavy atom. The molecule has 0 spiro atoms. The van der Waals surface area contributed by atoms with Crippen molar-refractivity contribution in [2.24, 2.45) is 11.8 Å². The molecule has 0 saturated heterocycles.